The topological polar surface area (TPSA) is 470 Å². The number of aromatic hydroxyl groups is 2. The summed E-state index contributed by atoms with van der Waals surface area (Å²) in [6.45, 7) is 13.3. The Kier molecular flexibility index (Phi) is 33.4. The van der Waals surface area contributed by atoms with E-state index < -0.39 is 124 Å². The van der Waals surface area contributed by atoms with E-state index in [-0.39, 0.29) is 88.8 Å². The highest BCUT2D eigenvalue weighted by molar-refractivity contribution is 9.10. The molecule has 6 heterocycles. The number of nitrogens with zero attached hydrogens (tertiary/aromatic N) is 2. The van der Waals surface area contributed by atoms with Gasteiger partial charge in [0.15, 0.2) is 40.9 Å². The number of anilines is 2. The molecule has 6 aromatic heterocycles. The zero-order valence-electron chi connectivity index (χ0n) is 77.9. The van der Waals surface area contributed by atoms with Gasteiger partial charge >= 0.3 is 33.8 Å². The molecule has 146 heavy (non-hydrogen) atoms. The van der Waals surface area contributed by atoms with Crippen molar-refractivity contribution >= 4 is 175 Å². The number of hydrogen-bond acceptors (Lipinski definition) is 32. The summed E-state index contributed by atoms with van der Waals surface area (Å²) in [6.07, 6.45) is 0. The van der Waals surface area contributed by atoms with E-state index in [2.05, 4.69) is 25.7 Å². The third kappa shape index (κ3) is 23.8. The van der Waals surface area contributed by atoms with Crippen LogP contribution in [0.15, 0.2) is 398 Å². The summed E-state index contributed by atoms with van der Waals surface area (Å²) in [5.41, 5.74) is -1.61. The maximum absolute atomic E-state index is 13.2. The molecule has 18 aromatic rings. The number of phenolic OH excluding ortho intramolecular Hbond substituents is 2. The molecule has 32 nitrogen and oxygen atoms in total. The minimum atomic E-state index is -4.23. The fourth-order valence-electron chi connectivity index (χ4n) is 14.4. The van der Waals surface area contributed by atoms with Crippen LogP contribution in [0.1, 0.15) is 33.3 Å². The van der Waals surface area contributed by atoms with E-state index in [0.29, 0.717) is 60.7 Å². The molecule has 0 radical (unpaired) electrons. The van der Waals surface area contributed by atoms with Crippen LogP contribution in [0.4, 0.5) is 20.2 Å². The molecule has 2 N–H and O–H groups in total. The lowest BCUT2D eigenvalue weighted by Crippen LogP contribution is -2.21. The van der Waals surface area contributed by atoms with E-state index in [1.54, 1.807) is 91.0 Å². The van der Waals surface area contributed by atoms with Crippen LogP contribution in [0.25, 0.3) is 65.8 Å². The van der Waals surface area contributed by atoms with E-state index in [1.807, 2.05) is 46.8 Å². The Morgan fingerprint density at radius 3 is 0.870 bits per heavy atom. The number of benzene rings is 12. The van der Waals surface area contributed by atoms with Gasteiger partial charge in [-0.2, -0.15) is 0 Å². The summed E-state index contributed by atoms with van der Waals surface area (Å²) in [6, 6.07) is 66.0. The maximum atomic E-state index is 13.2. The highest BCUT2D eigenvalue weighted by Crippen LogP contribution is 2.37. The Bertz CT molecular complexity index is 9070. The summed E-state index contributed by atoms with van der Waals surface area (Å²) in [7, 11) is -18.6. The molecule has 0 aliphatic rings. The molecule has 756 valence electrons. The van der Waals surface area contributed by atoms with Crippen LogP contribution < -0.4 is 62.5 Å². The van der Waals surface area contributed by atoms with Crippen LogP contribution in [0.2, 0.25) is 10.0 Å². The lowest BCUT2D eigenvalue weighted by molar-refractivity contribution is 0.354. The van der Waals surface area contributed by atoms with Crippen molar-refractivity contribution in [3.8, 4) is 34.5 Å². The summed E-state index contributed by atoms with van der Waals surface area (Å²) < 4.78 is 231. The van der Waals surface area contributed by atoms with Gasteiger partial charge in [-0.3, -0.25) is 0 Å². The van der Waals surface area contributed by atoms with Gasteiger partial charge in [-0.25, -0.2) is 88.1 Å². The first-order valence-electron chi connectivity index (χ1n) is 43.2. The van der Waals surface area contributed by atoms with Crippen LogP contribution in [0, 0.1) is 18.6 Å². The Hall–Kier alpha value is -15.1. The molecular weight excluding hydrogens is 2130 g/mol. The van der Waals surface area contributed by atoms with Crippen LogP contribution in [0.3, 0.4) is 0 Å². The normalized spacial score (nSPS) is 11.6. The average molecular weight is 2210 g/mol. The van der Waals surface area contributed by atoms with Crippen molar-refractivity contribution in [1.29, 1.82) is 0 Å². The molecule has 12 aromatic carbocycles. The largest absolute Gasteiger partial charge is 0.508 e. The van der Waals surface area contributed by atoms with E-state index in [1.165, 1.54) is 162 Å². The van der Waals surface area contributed by atoms with Crippen molar-refractivity contribution in [3.63, 3.8) is 0 Å². The van der Waals surface area contributed by atoms with Gasteiger partial charge in [-0.05, 0) is 241 Å². The molecule has 0 saturated heterocycles. The van der Waals surface area contributed by atoms with E-state index in [4.69, 9.17) is 68.7 Å². The third-order valence-electron chi connectivity index (χ3n) is 22.1. The number of fused-ring (bicyclic) bond motifs is 6. The van der Waals surface area contributed by atoms with Crippen molar-refractivity contribution in [2.24, 2.45) is 0 Å². The number of aryl methyl sites for hydroxylation is 1. The van der Waals surface area contributed by atoms with Gasteiger partial charge in [-0.15, -0.1) is 0 Å². The van der Waals surface area contributed by atoms with E-state index in [9.17, 15) is 98.3 Å². The van der Waals surface area contributed by atoms with Crippen LogP contribution in [-0.4, -0.2) is 115 Å². The minimum absolute atomic E-state index is 0.0235. The molecular formula is C103H83BrCl2F2N2O30S6. The standard InChI is InChI=1S/C20H21NO4S.C19H18BrNO4S.C18H16O7S.C16H10ClFO5S.C15H8ClFO5S.C15H10O5S/c1-4-21(5-2)16-9-8-15-12-19(20(22)25-18(15)13-16)26(23,24)17-10-6-14(3)7-11-17;1-3-21(4-2)15-8-5-13-11-18(19(22)25-17(13)12-15)26(23,24)16-9-6-14(20)7-10-16;1-22-12-5-4-11-8-17(18(19)25-15(11)9-12)26(20,21)13-6-7-14(23-2)16(10-13)24-3;1-22-10-3-2-9-6-15(16(19)23-14(9)7-10)24(20,21)11-4-5-13(18)12(17)8-11;16-11-7-10(3-4-12(11)17)23(20,21)14-5-8-1-2-9(18)6-13(8)22-15(14)19;16-11-7-6-10-8-14(15(17)20-13(10)9-11)21(18,19)12-4-2-1-3-5-12/h6-13H,4-5H2,1-3H3;5-12H,3-4H2,1-2H3;4-10H,1-3H3;2-8H,1H3;1-7,18H;1-9,16H. The predicted octanol–water partition coefficient (Wildman–Crippen LogP) is 19.5. The molecule has 0 saturated carbocycles. The van der Waals surface area contributed by atoms with Crippen LogP contribution >= 0.6 is 39.1 Å². The second kappa shape index (κ2) is 45.1. The fraction of sp³-hybridized carbons (Fsp3) is 0.126. The van der Waals surface area contributed by atoms with Crippen LogP contribution in [0.5, 0.6) is 34.5 Å². The second-order valence-corrected chi connectivity index (χ2v) is 44.4. The number of methoxy groups -OCH3 is 4. The molecule has 0 bridgehead atoms. The number of ether oxygens (including phenoxy) is 4. The molecule has 0 unspecified atom stereocenters. The lowest BCUT2D eigenvalue weighted by Gasteiger charge is -2.21. The quantitative estimate of drug-likeness (QED) is 0.0470. The maximum Gasteiger partial charge on any atom is 0.355 e. The van der Waals surface area contributed by atoms with Crippen molar-refractivity contribution in [2.45, 2.75) is 93.4 Å². The van der Waals surface area contributed by atoms with E-state index in [0.717, 1.165) is 90.1 Å². The van der Waals surface area contributed by atoms with Gasteiger partial charge in [-0.1, -0.05) is 75.0 Å². The molecule has 0 aliphatic carbocycles. The highest BCUT2D eigenvalue weighted by atomic mass is 79.9. The first-order chi connectivity index (χ1) is 69.2. The molecule has 0 fully saturated rings. The van der Waals surface area contributed by atoms with Crippen LogP contribution in [-0.2, 0) is 59.0 Å². The monoisotopic (exact) mass is 2210 g/mol. The SMILES string of the molecule is CCN(CC)c1ccc2cc(S(=O)(=O)c3ccc(Br)cc3)c(=O)oc2c1.CCN(CC)c1ccc2cc(S(=O)(=O)c3ccc(C)cc3)c(=O)oc2c1.COc1ccc2cc(S(=O)(=O)c3ccc(F)c(Cl)c3)c(=O)oc2c1.COc1ccc2cc(S(=O)(=O)c3ccc(OC)c(OC)c3)c(=O)oc2c1.O=c1oc2cc(O)ccc2cc1S(=O)(=O)c1ccc(F)c(Cl)c1.O=c1oc2cc(O)ccc2cc1S(=O)(=O)c1ccccc1. The lowest BCUT2D eigenvalue weighted by atomic mass is 10.2. The highest BCUT2D eigenvalue weighted by Gasteiger charge is 2.32. The van der Waals surface area contributed by atoms with Gasteiger partial charge < -0.3 is 65.5 Å². The zero-order valence-corrected chi connectivity index (χ0v) is 85.9. The van der Waals surface area contributed by atoms with Crippen molar-refractivity contribution in [1.82, 2.24) is 0 Å². The van der Waals surface area contributed by atoms with Crippen molar-refractivity contribution in [3.05, 3.63) is 373 Å². The molecule has 0 aliphatic heterocycles. The number of phenols is 2. The molecule has 0 spiro atoms. The summed E-state index contributed by atoms with van der Waals surface area (Å²) >= 11 is 14.5. The van der Waals surface area contributed by atoms with Gasteiger partial charge in [0.2, 0.25) is 59.0 Å². The Labute approximate surface area is 849 Å². The Morgan fingerprint density at radius 2 is 0.562 bits per heavy atom. The number of sulfone groups is 6. The van der Waals surface area contributed by atoms with Gasteiger partial charge in [0.1, 0.15) is 68.1 Å². The number of rotatable bonds is 22. The average Bonchev–Trinajstić information content (AvgIpc) is 0.765. The molecule has 0 atom stereocenters. The van der Waals surface area contributed by atoms with E-state index >= 15 is 0 Å². The Balaban J connectivity index is 0.000000147. The predicted molar refractivity (Wildman–Crippen MR) is 545 cm³/mol. The summed E-state index contributed by atoms with van der Waals surface area (Å²) in [4.78, 5) is 74.0. The summed E-state index contributed by atoms with van der Waals surface area (Å²) in [5.74, 6) is -0.138. The molecule has 18 rings (SSSR count). The molecule has 43 heteroatoms. The summed E-state index contributed by atoms with van der Waals surface area (Å²) in [5, 5.41) is 20.7. The third-order valence-corrected chi connectivity index (χ3v) is 33.7. The van der Waals surface area contributed by atoms with Crippen molar-refractivity contribution < 1.29 is 115 Å². The van der Waals surface area contributed by atoms with Gasteiger partial charge in [0.25, 0.3) is 0 Å². The zero-order chi connectivity index (χ0) is 106. The minimum Gasteiger partial charge on any atom is -0.508 e. The van der Waals surface area contributed by atoms with Crippen molar-refractivity contribution in [2.75, 3.05) is 64.4 Å². The fourth-order valence-corrected chi connectivity index (χ4v) is 23.0. The smallest absolute Gasteiger partial charge is 0.355 e. The van der Waals surface area contributed by atoms with Gasteiger partial charge in [0.05, 0.1) is 67.9 Å². The molecule has 0 amide bonds. The first kappa shape index (κ1) is 108. The Morgan fingerprint density at radius 1 is 0.295 bits per heavy atom. The second-order valence-electron chi connectivity index (χ2n) is 31.2. The number of hydrogen-bond donors (Lipinski definition) is 2. The first-order valence-corrected chi connectivity index (χ1v) is 53.6. The van der Waals surface area contributed by atoms with Gasteiger partial charge in [0, 0.05) is 117 Å². The number of halogens is 5.